The Morgan fingerprint density at radius 3 is 2.36 bits per heavy atom. The Morgan fingerprint density at radius 1 is 1.36 bits per heavy atom. The number of aliphatic hydroxyl groups is 1. The van der Waals surface area contributed by atoms with Gasteiger partial charge < -0.3 is 5.11 Å². The number of rotatable bonds is 4. The third-order valence-corrected chi connectivity index (χ3v) is 3.67. The van der Waals surface area contributed by atoms with Gasteiger partial charge >= 0.3 is 0 Å². The molecular formula is C13H22O. The van der Waals surface area contributed by atoms with E-state index in [9.17, 15) is 5.11 Å². The quantitative estimate of drug-likeness (QED) is 0.728. The molecule has 1 atom stereocenters. The lowest BCUT2D eigenvalue weighted by atomic mass is 9.77. The first kappa shape index (κ1) is 11.5. The average Bonchev–Trinajstić information content (AvgIpc) is 2.40. The molecule has 1 aliphatic carbocycles. The molecule has 0 aromatic rings. The molecule has 80 valence electrons. The van der Waals surface area contributed by atoms with Gasteiger partial charge in [-0.25, -0.2) is 0 Å². The Bertz CT molecular complexity index is 254. The fraction of sp³-hybridized carbons (Fsp3) is 0.692. The molecular weight excluding hydrogens is 172 g/mol. The first-order valence-corrected chi connectivity index (χ1v) is 5.51. The third-order valence-electron chi connectivity index (χ3n) is 3.67. The van der Waals surface area contributed by atoms with Crippen LogP contribution in [0.15, 0.2) is 23.3 Å². The Kier molecular flexibility index (Phi) is 3.54. The molecule has 0 saturated heterocycles. The molecule has 1 heteroatoms. The highest BCUT2D eigenvalue weighted by Gasteiger charge is 2.29. The molecule has 0 heterocycles. The van der Waals surface area contributed by atoms with Crippen LogP contribution >= 0.6 is 0 Å². The van der Waals surface area contributed by atoms with E-state index in [0.717, 1.165) is 12.8 Å². The average molecular weight is 194 g/mol. The van der Waals surface area contributed by atoms with Gasteiger partial charge in [-0.05, 0) is 19.3 Å². The van der Waals surface area contributed by atoms with Crippen LogP contribution in [-0.2, 0) is 0 Å². The van der Waals surface area contributed by atoms with E-state index in [2.05, 4.69) is 39.8 Å². The summed E-state index contributed by atoms with van der Waals surface area (Å²) in [6, 6.07) is 0. The summed E-state index contributed by atoms with van der Waals surface area (Å²) in [4.78, 5) is 0. The second-order valence-corrected chi connectivity index (χ2v) is 4.83. The molecule has 0 amide bonds. The maximum Gasteiger partial charge on any atom is 0.0462 e. The molecule has 1 aliphatic rings. The maximum atomic E-state index is 9.18. The second kappa shape index (κ2) is 4.31. The zero-order valence-corrected chi connectivity index (χ0v) is 9.80. The SMILES string of the molecule is CCC(CO)CC1=CC=C(C)C1(C)C. The summed E-state index contributed by atoms with van der Waals surface area (Å²) in [7, 11) is 0. The van der Waals surface area contributed by atoms with E-state index < -0.39 is 0 Å². The van der Waals surface area contributed by atoms with Crippen LogP contribution in [0.1, 0.15) is 40.5 Å². The summed E-state index contributed by atoms with van der Waals surface area (Å²) >= 11 is 0. The topological polar surface area (TPSA) is 20.2 Å². The van der Waals surface area contributed by atoms with Gasteiger partial charge in [-0.3, -0.25) is 0 Å². The van der Waals surface area contributed by atoms with Gasteiger partial charge in [-0.15, -0.1) is 0 Å². The summed E-state index contributed by atoms with van der Waals surface area (Å²) in [6.45, 7) is 9.17. The molecule has 0 fully saturated rings. The molecule has 1 nitrogen and oxygen atoms in total. The standard InChI is InChI=1S/C13H22O/c1-5-11(9-14)8-12-7-6-10(2)13(12,3)4/h6-7,11,14H,5,8-9H2,1-4H3. The molecule has 0 bridgehead atoms. The van der Waals surface area contributed by atoms with Crippen molar-refractivity contribution in [3.05, 3.63) is 23.3 Å². The predicted molar refractivity (Wildman–Crippen MR) is 61.1 cm³/mol. The van der Waals surface area contributed by atoms with Gasteiger partial charge in [0.15, 0.2) is 0 Å². The van der Waals surface area contributed by atoms with Crippen LogP contribution in [0, 0.1) is 11.3 Å². The smallest absolute Gasteiger partial charge is 0.0462 e. The highest BCUT2D eigenvalue weighted by Crippen LogP contribution is 2.42. The largest absolute Gasteiger partial charge is 0.396 e. The Morgan fingerprint density at radius 2 is 2.00 bits per heavy atom. The van der Waals surface area contributed by atoms with E-state index in [1.54, 1.807) is 0 Å². The Hall–Kier alpha value is -0.560. The van der Waals surface area contributed by atoms with Crippen molar-refractivity contribution in [2.24, 2.45) is 11.3 Å². The van der Waals surface area contributed by atoms with Crippen LogP contribution in [0.4, 0.5) is 0 Å². The van der Waals surface area contributed by atoms with Gasteiger partial charge in [-0.2, -0.15) is 0 Å². The van der Waals surface area contributed by atoms with E-state index in [-0.39, 0.29) is 5.41 Å². The van der Waals surface area contributed by atoms with E-state index in [4.69, 9.17) is 0 Å². The molecule has 14 heavy (non-hydrogen) atoms. The Labute approximate surface area is 87.5 Å². The van der Waals surface area contributed by atoms with Gasteiger partial charge in [0, 0.05) is 12.0 Å². The first-order chi connectivity index (χ1) is 6.52. The normalized spacial score (nSPS) is 21.8. The number of hydrogen-bond donors (Lipinski definition) is 1. The molecule has 0 radical (unpaired) electrons. The van der Waals surface area contributed by atoms with Crippen molar-refractivity contribution in [1.29, 1.82) is 0 Å². The van der Waals surface area contributed by atoms with Gasteiger partial charge in [0.05, 0.1) is 0 Å². The molecule has 1 rings (SSSR count). The third kappa shape index (κ3) is 2.09. The van der Waals surface area contributed by atoms with Gasteiger partial charge in [0.2, 0.25) is 0 Å². The number of hydrogen-bond acceptors (Lipinski definition) is 1. The molecule has 0 aromatic heterocycles. The summed E-state index contributed by atoms with van der Waals surface area (Å²) < 4.78 is 0. The fourth-order valence-corrected chi connectivity index (χ4v) is 1.87. The maximum absolute atomic E-state index is 9.18. The van der Waals surface area contributed by atoms with Crippen LogP contribution in [-0.4, -0.2) is 11.7 Å². The van der Waals surface area contributed by atoms with E-state index in [0.29, 0.717) is 12.5 Å². The second-order valence-electron chi connectivity index (χ2n) is 4.83. The minimum absolute atomic E-state index is 0.211. The van der Waals surface area contributed by atoms with Gasteiger partial charge in [0.25, 0.3) is 0 Å². The van der Waals surface area contributed by atoms with E-state index in [1.165, 1.54) is 11.1 Å². The van der Waals surface area contributed by atoms with Crippen molar-refractivity contribution in [2.75, 3.05) is 6.61 Å². The molecule has 0 saturated carbocycles. The van der Waals surface area contributed by atoms with Crippen molar-refractivity contribution in [1.82, 2.24) is 0 Å². The molecule has 1 N–H and O–H groups in total. The molecule has 0 spiro atoms. The summed E-state index contributed by atoms with van der Waals surface area (Å²) in [5, 5.41) is 9.18. The zero-order chi connectivity index (χ0) is 10.8. The summed E-state index contributed by atoms with van der Waals surface area (Å²) in [6.07, 6.45) is 6.53. The highest BCUT2D eigenvalue weighted by atomic mass is 16.3. The van der Waals surface area contributed by atoms with Crippen molar-refractivity contribution < 1.29 is 5.11 Å². The van der Waals surface area contributed by atoms with Crippen molar-refractivity contribution >= 4 is 0 Å². The number of allylic oxidation sites excluding steroid dienone is 4. The molecule has 0 aliphatic heterocycles. The lowest BCUT2D eigenvalue weighted by molar-refractivity contribution is 0.217. The summed E-state index contributed by atoms with van der Waals surface area (Å²) in [5.74, 6) is 0.430. The molecule has 0 aromatic carbocycles. The monoisotopic (exact) mass is 194 g/mol. The van der Waals surface area contributed by atoms with E-state index >= 15 is 0 Å². The van der Waals surface area contributed by atoms with Crippen molar-refractivity contribution in [3.8, 4) is 0 Å². The van der Waals surface area contributed by atoms with Crippen LogP contribution in [0.5, 0.6) is 0 Å². The van der Waals surface area contributed by atoms with Crippen molar-refractivity contribution in [2.45, 2.75) is 40.5 Å². The lowest BCUT2D eigenvalue weighted by Crippen LogP contribution is -2.17. The first-order valence-electron chi connectivity index (χ1n) is 5.51. The lowest BCUT2D eigenvalue weighted by Gasteiger charge is -2.27. The minimum Gasteiger partial charge on any atom is -0.396 e. The van der Waals surface area contributed by atoms with Gasteiger partial charge in [0.1, 0.15) is 0 Å². The van der Waals surface area contributed by atoms with Gasteiger partial charge in [-0.1, -0.05) is 50.5 Å². The number of aliphatic hydroxyl groups excluding tert-OH is 1. The van der Waals surface area contributed by atoms with Crippen LogP contribution in [0.3, 0.4) is 0 Å². The van der Waals surface area contributed by atoms with Crippen LogP contribution in [0.25, 0.3) is 0 Å². The Balaban J connectivity index is 2.65. The van der Waals surface area contributed by atoms with Crippen molar-refractivity contribution in [3.63, 3.8) is 0 Å². The van der Waals surface area contributed by atoms with E-state index in [1.807, 2.05) is 0 Å². The predicted octanol–water partition coefficient (Wildman–Crippen LogP) is 3.31. The van der Waals surface area contributed by atoms with Crippen LogP contribution < -0.4 is 0 Å². The zero-order valence-electron chi connectivity index (χ0n) is 9.80. The van der Waals surface area contributed by atoms with Crippen LogP contribution in [0.2, 0.25) is 0 Å². The molecule has 1 unspecified atom stereocenters. The minimum atomic E-state index is 0.211. The summed E-state index contributed by atoms with van der Waals surface area (Å²) in [5.41, 5.74) is 3.11. The fourth-order valence-electron chi connectivity index (χ4n) is 1.87. The highest BCUT2D eigenvalue weighted by molar-refractivity contribution is 5.38.